The topological polar surface area (TPSA) is 61.2 Å². The predicted molar refractivity (Wildman–Crippen MR) is 108 cm³/mol. The molecule has 144 valence electrons. The highest BCUT2D eigenvalue weighted by Gasteiger charge is 2.14. The molecule has 3 aromatic carbocycles. The Morgan fingerprint density at radius 3 is 2.38 bits per heavy atom. The van der Waals surface area contributed by atoms with Crippen LogP contribution in [0.5, 0.6) is 0 Å². The SMILES string of the molecule is COC(=O)c1ccc(Cn2c(=O)c(-c3ccc(F)cc3)nc3ccccc32)cc1. The molecule has 6 heteroatoms. The largest absolute Gasteiger partial charge is 0.465 e. The van der Waals surface area contributed by atoms with E-state index in [0.29, 0.717) is 28.7 Å². The normalized spacial score (nSPS) is 10.8. The highest BCUT2D eigenvalue weighted by molar-refractivity contribution is 5.89. The molecular weight excluding hydrogens is 371 g/mol. The molecule has 29 heavy (non-hydrogen) atoms. The van der Waals surface area contributed by atoms with Crippen LogP contribution in [0, 0.1) is 5.82 Å². The zero-order chi connectivity index (χ0) is 20.4. The molecule has 1 heterocycles. The molecule has 0 saturated carbocycles. The van der Waals surface area contributed by atoms with Gasteiger partial charge in [0.1, 0.15) is 11.5 Å². The lowest BCUT2D eigenvalue weighted by molar-refractivity contribution is 0.0600. The second-order valence-corrected chi connectivity index (χ2v) is 6.54. The Labute approximate surface area is 166 Å². The number of carbonyl (C=O) groups excluding carboxylic acids is 1. The summed E-state index contributed by atoms with van der Waals surface area (Å²) in [7, 11) is 1.33. The number of para-hydroxylation sites is 2. The van der Waals surface area contributed by atoms with Gasteiger partial charge < -0.3 is 9.30 Å². The highest BCUT2D eigenvalue weighted by atomic mass is 19.1. The van der Waals surface area contributed by atoms with Gasteiger partial charge in [0, 0.05) is 5.56 Å². The zero-order valence-electron chi connectivity index (χ0n) is 15.6. The molecule has 0 atom stereocenters. The minimum absolute atomic E-state index is 0.259. The molecule has 0 fully saturated rings. The summed E-state index contributed by atoms with van der Waals surface area (Å²) >= 11 is 0. The summed E-state index contributed by atoms with van der Waals surface area (Å²) < 4.78 is 19.6. The van der Waals surface area contributed by atoms with Gasteiger partial charge in [0.2, 0.25) is 0 Å². The molecule has 0 aliphatic heterocycles. The number of esters is 1. The maximum atomic E-state index is 13.3. The third-order valence-corrected chi connectivity index (χ3v) is 4.69. The van der Waals surface area contributed by atoms with Gasteiger partial charge in [-0.15, -0.1) is 0 Å². The summed E-state index contributed by atoms with van der Waals surface area (Å²) in [6.07, 6.45) is 0. The average molecular weight is 388 g/mol. The summed E-state index contributed by atoms with van der Waals surface area (Å²) in [4.78, 5) is 29.4. The molecule has 1 aromatic heterocycles. The molecule has 0 N–H and O–H groups in total. The van der Waals surface area contributed by atoms with Crippen molar-refractivity contribution in [1.29, 1.82) is 0 Å². The van der Waals surface area contributed by atoms with Crippen LogP contribution >= 0.6 is 0 Å². The fourth-order valence-corrected chi connectivity index (χ4v) is 3.19. The van der Waals surface area contributed by atoms with Gasteiger partial charge in [-0.1, -0.05) is 24.3 Å². The Morgan fingerprint density at radius 2 is 1.69 bits per heavy atom. The van der Waals surface area contributed by atoms with Crippen LogP contribution in [0.3, 0.4) is 0 Å². The molecule has 0 unspecified atom stereocenters. The Kier molecular flexibility index (Phi) is 4.91. The first-order chi connectivity index (χ1) is 14.1. The summed E-state index contributed by atoms with van der Waals surface area (Å²) in [5.41, 5.74) is 3.19. The van der Waals surface area contributed by atoms with Crippen molar-refractivity contribution in [3.63, 3.8) is 0 Å². The number of methoxy groups -OCH3 is 1. The monoisotopic (exact) mass is 388 g/mol. The van der Waals surface area contributed by atoms with E-state index in [-0.39, 0.29) is 17.1 Å². The fraction of sp³-hybridized carbons (Fsp3) is 0.0870. The Balaban J connectivity index is 1.82. The third-order valence-electron chi connectivity index (χ3n) is 4.69. The quantitative estimate of drug-likeness (QED) is 0.495. The average Bonchev–Trinajstić information content (AvgIpc) is 2.76. The van der Waals surface area contributed by atoms with Gasteiger partial charge in [0.05, 0.1) is 30.3 Å². The first-order valence-electron chi connectivity index (χ1n) is 8.99. The van der Waals surface area contributed by atoms with E-state index in [2.05, 4.69) is 4.98 Å². The van der Waals surface area contributed by atoms with Crippen molar-refractivity contribution >= 4 is 17.0 Å². The van der Waals surface area contributed by atoms with Gasteiger partial charge in [-0.25, -0.2) is 14.2 Å². The number of fused-ring (bicyclic) bond motifs is 1. The van der Waals surface area contributed by atoms with Crippen LogP contribution in [0.25, 0.3) is 22.3 Å². The summed E-state index contributed by atoms with van der Waals surface area (Å²) in [5, 5.41) is 0. The number of hydrogen-bond donors (Lipinski definition) is 0. The number of carbonyl (C=O) groups is 1. The molecule has 0 aliphatic rings. The lowest BCUT2D eigenvalue weighted by atomic mass is 10.1. The number of ether oxygens (including phenoxy) is 1. The van der Waals surface area contributed by atoms with Gasteiger partial charge in [0.25, 0.3) is 5.56 Å². The van der Waals surface area contributed by atoms with Crippen LogP contribution in [-0.4, -0.2) is 22.6 Å². The lowest BCUT2D eigenvalue weighted by Crippen LogP contribution is -2.24. The Bertz CT molecular complexity index is 1250. The first kappa shape index (κ1) is 18.6. The number of aromatic nitrogens is 2. The van der Waals surface area contributed by atoms with Crippen LogP contribution in [0.1, 0.15) is 15.9 Å². The smallest absolute Gasteiger partial charge is 0.337 e. The van der Waals surface area contributed by atoms with Crippen LogP contribution in [0.4, 0.5) is 4.39 Å². The standard InChI is InChI=1S/C23H17FN2O3/c1-29-23(28)17-8-6-15(7-9-17)14-26-20-5-3-2-4-19(20)25-21(22(26)27)16-10-12-18(24)13-11-16/h2-13H,14H2,1H3. The van der Waals surface area contributed by atoms with Crippen molar-refractivity contribution in [3.8, 4) is 11.3 Å². The van der Waals surface area contributed by atoms with E-state index < -0.39 is 5.97 Å². The molecule has 5 nitrogen and oxygen atoms in total. The second kappa shape index (κ2) is 7.67. The van der Waals surface area contributed by atoms with E-state index in [1.54, 1.807) is 41.0 Å². The van der Waals surface area contributed by atoms with Crippen molar-refractivity contribution in [1.82, 2.24) is 9.55 Å². The van der Waals surface area contributed by atoms with E-state index >= 15 is 0 Å². The lowest BCUT2D eigenvalue weighted by Gasteiger charge is -2.13. The summed E-state index contributed by atoms with van der Waals surface area (Å²) in [6.45, 7) is 0.303. The van der Waals surface area contributed by atoms with Gasteiger partial charge in [0.15, 0.2) is 0 Å². The molecule has 0 radical (unpaired) electrons. The summed E-state index contributed by atoms with van der Waals surface area (Å²) in [5.74, 6) is -0.790. The number of nitrogens with zero attached hydrogens (tertiary/aromatic N) is 2. The molecular formula is C23H17FN2O3. The van der Waals surface area contributed by atoms with Gasteiger partial charge >= 0.3 is 5.97 Å². The Hall–Kier alpha value is -3.80. The van der Waals surface area contributed by atoms with Crippen molar-refractivity contribution in [2.75, 3.05) is 7.11 Å². The third kappa shape index (κ3) is 3.65. The molecule has 0 bridgehead atoms. The maximum absolute atomic E-state index is 13.3. The number of halogens is 1. The number of benzene rings is 3. The predicted octanol–water partition coefficient (Wildman–Crippen LogP) is 4.04. The first-order valence-corrected chi connectivity index (χ1v) is 8.99. The molecule has 0 spiro atoms. The van der Waals surface area contributed by atoms with Crippen molar-refractivity contribution in [2.45, 2.75) is 6.54 Å². The van der Waals surface area contributed by atoms with Crippen molar-refractivity contribution < 1.29 is 13.9 Å². The number of hydrogen-bond acceptors (Lipinski definition) is 4. The van der Waals surface area contributed by atoms with Gasteiger partial charge in [-0.3, -0.25) is 4.79 Å². The zero-order valence-corrected chi connectivity index (χ0v) is 15.6. The van der Waals surface area contributed by atoms with Gasteiger partial charge in [-0.05, 0) is 54.1 Å². The Morgan fingerprint density at radius 1 is 1.00 bits per heavy atom. The minimum Gasteiger partial charge on any atom is -0.465 e. The van der Waals surface area contributed by atoms with Crippen molar-refractivity contribution in [2.24, 2.45) is 0 Å². The van der Waals surface area contributed by atoms with E-state index in [1.807, 2.05) is 24.3 Å². The number of rotatable bonds is 4. The second-order valence-electron chi connectivity index (χ2n) is 6.54. The summed E-state index contributed by atoms with van der Waals surface area (Å²) in [6, 6.07) is 20.0. The fourth-order valence-electron chi connectivity index (χ4n) is 3.19. The minimum atomic E-state index is -0.415. The van der Waals surface area contributed by atoms with E-state index in [4.69, 9.17) is 4.74 Å². The van der Waals surface area contributed by atoms with Gasteiger partial charge in [-0.2, -0.15) is 0 Å². The molecule has 4 aromatic rings. The van der Waals surface area contributed by atoms with E-state index in [0.717, 1.165) is 5.56 Å². The van der Waals surface area contributed by atoms with Crippen molar-refractivity contribution in [3.05, 3.63) is 100 Å². The van der Waals surface area contributed by atoms with E-state index in [9.17, 15) is 14.0 Å². The molecule has 4 rings (SSSR count). The van der Waals surface area contributed by atoms with Crippen LogP contribution in [0.2, 0.25) is 0 Å². The molecule has 0 aliphatic carbocycles. The highest BCUT2D eigenvalue weighted by Crippen LogP contribution is 2.19. The molecule has 0 amide bonds. The maximum Gasteiger partial charge on any atom is 0.337 e. The van der Waals surface area contributed by atoms with Crippen LogP contribution in [-0.2, 0) is 11.3 Å². The van der Waals surface area contributed by atoms with Crippen LogP contribution in [0.15, 0.2) is 77.6 Å². The van der Waals surface area contributed by atoms with Crippen LogP contribution < -0.4 is 5.56 Å². The van der Waals surface area contributed by atoms with E-state index in [1.165, 1.54) is 19.2 Å². The molecule has 0 saturated heterocycles.